The van der Waals surface area contributed by atoms with E-state index in [1.54, 1.807) is 6.26 Å². The summed E-state index contributed by atoms with van der Waals surface area (Å²) >= 11 is 0. The number of nitrogens with zero attached hydrogens (tertiary/aromatic N) is 1. The first kappa shape index (κ1) is 14.2. The molecule has 2 heterocycles. The number of furan rings is 1. The lowest BCUT2D eigenvalue weighted by atomic mass is 9.81. The van der Waals surface area contributed by atoms with Gasteiger partial charge in [0, 0.05) is 24.5 Å². The van der Waals surface area contributed by atoms with Crippen LogP contribution in [0, 0.1) is 0 Å². The van der Waals surface area contributed by atoms with Gasteiger partial charge in [0.15, 0.2) is 0 Å². The van der Waals surface area contributed by atoms with Crippen LogP contribution in [0.5, 0.6) is 0 Å². The van der Waals surface area contributed by atoms with E-state index in [0.29, 0.717) is 11.6 Å². The van der Waals surface area contributed by atoms with Crippen LogP contribution in [0.1, 0.15) is 51.2 Å². The van der Waals surface area contributed by atoms with Crippen LogP contribution in [-0.4, -0.2) is 36.1 Å². The monoisotopic (exact) mass is 276 g/mol. The molecule has 0 aromatic carbocycles. The Morgan fingerprint density at radius 1 is 1.30 bits per heavy atom. The Morgan fingerprint density at radius 2 is 2.15 bits per heavy atom. The van der Waals surface area contributed by atoms with Crippen LogP contribution in [0.15, 0.2) is 22.8 Å². The summed E-state index contributed by atoms with van der Waals surface area (Å²) in [5, 5.41) is 3.88. The molecule has 1 aromatic heterocycles. The molecule has 3 nitrogen and oxygen atoms in total. The molecule has 3 heteroatoms. The van der Waals surface area contributed by atoms with E-state index in [4.69, 9.17) is 4.42 Å². The highest BCUT2D eigenvalue weighted by molar-refractivity contribution is 5.02. The van der Waals surface area contributed by atoms with E-state index in [2.05, 4.69) is 23.2 Å². The van der Waals surface area contributed by atoms with Crippen molar-refractivity contribution in [2.75, 3.05) is 19.6 Å². The normalized spacial score (nSPS) is 25.4. The Balaban J connectivity index is 1.65. The maximum absolute atomic E-state index is 5.52. The van der Waals surface area contributed by atoms with Gasteiger partial charge in [-0.15, -0.1) is 0 Å². The molecule has 1 aliphatic carbocycles. The van der Waals surface area contributed by atoms with Crippen molar-refractivity contribution in [1.82, 2.24) is 10.2 Å². The lowest BCUT2D eigenvalue weighted by molar-refractivity contribution is 0.131. The summed E-state index contributed by atoms with van der Waals surface area (Å²) in [5.74, 6) is 1.12. The third-order valence-corrected chi connectivity index (χ3v) is 5.14. The van der Waals surface area contributed by atoms with Crippen LogP contribution >= 0.6 is 0 Å². The average molecular weight is 276 g/mol. The van der Waals surface area contributed by atoms with Crippen molar-refractivity contribution in [3.05, 3.63) is 24.2 Å². The lowest BCUT2D eigenvalue weighted by Crippen LogP contribution is -2.54. The Morgan fingerprint density at radius 3 is 2.90 bits per heavy atom. The lowest BCUT2D eigenvalue weighted by Gasteiger charge is -2.41. The first-order chi connectivity index (χ1) is 9.77. The summed E-state index contributed by atoms with van der Waals surface area (Å²) in [6.07, 6.45) is 11.0. The van der Waals surface area contributed by atoms with Crippen molar-refractivity contribution >= 4 is 0 Å². The van der Waals surface area contributed by atoms with E-state index in [1.165, 1.54) is 58.2 Å². The molecule has 0 bridgehead atoms. The zero-order chi connectivity index (χ0) is 13.8. The van der Waals surface area contributed by atoms with Crippen molar-refractivity contribution in [2.45, 2.75) is 63.5 Å². The minimum Gasteiger partial charge on any atom is -0.469 e. The molecule has 112 valence electrons. The predicted octanol–water partition coefficient (Wildman–Crippen LogP) is 3.21. The third kappa shape index (κ3) is 3.26. The summed E-state index contributed by atoms with van der Waals surface area (Å²) in [5.41, 5.74) is 0.395. The largest absolute Gasteiger partial charge is 0.469 e. The van der Waals surface area contributed by atoms with Gasteiger partial charge in [-0.1, -0.05) is 19.3 Å². The number of hydrogen-bond donors (Lipinski definition) is 1. The molecular formula is C17H28N2O. The van der Waals surface area contributed by atoms with Gasteiger partial charge in [0.05, 0.1) is 6.26 Å². The standard InChI is InChI=1S/C17H28N2O/c1-15(13-16-7-5-12-20-16)19-11-6-10-18-17(14-19)8-3-2-4-9-17/h5,7,12,15,18H,2-4,6,8-11,13-14H2,1H3. The van der Waals surface area contributed by atoms with Crippen LogP contribution in [0.4, 0.5) is 0 Å². The van der Waals surface area contributed by atoms with E-state index in [9.17, 15) is 0 Å². The maximum atomic E-state index is 5.52. The van der Waals surface area contributed by atoms with Crippen LogP contribution in [0.25, 0.3) is 0 Å². The molecule has 1 saturated heterocycles. The minimum absolute atomic E-state index is 0.395. The highest BCUT2D eigenvalue weighted by Crippen LogP contribution is 2.31. The van der Waals surface area contributed by atoms with Gasteiger partial charge in [-0.05, 0) is 51.4 Å². The molecule has 1 aromatic rings. The number of hydrogen-bond acceptors (Lipinski definition) is 3. The first-order valence-electron chi connectivity index (χ1n) is 8.29. The summed E-state index contributed by atoms with van der Waals surface area (Å²) in [6.45, 7) is 5.97. The third-order valence-electron chi connectivity index (χ3n) is 5.14. The molecule has 1 saturated carbocycles. The van der Waals surface area contributed by atoms with Gasteiger partial charge in [0.1, 0.15) is 5.76 Å². The Kier molecular flexibility index (Phi) is 4.47. The zero-order valence-corrected chi connectivity index (χ0v) is 12.7. The Hall–Kier alpha value is -0.800. The predicted molar refractivity (Wildman–Crippen MR) is 81.9 cm³/mol. The van der Waals surface area contributed by atoms with Crippen LogP contribution in [-0.2, 0) is 6.42 Å². The van der Waals surface area contributed by atoms with Crippen molar-refractivity contribution in [1.29, 1.82) is 0 Å². The summed E-state index contributed by atoms with van der Waals surface area (Å²) < 4.78 is 5.52. The molecule has 3 rings (SSSR count). The van der Waals surface area contributed by atoms with Crippen LogP contribution < -0.4 is 5.32 Å². The smallest absolute Gasteiger partial charge is 0.105 e. The molecule has 0 radical (unpaired) electrons. The first-order valence-corrected chi connectivity index (χ1v) is 8.29. The molecule has 2 fully saturated rings. The van der Waals surface area contributed by atoms with E-state index in [1.807, 2.05) is 6.07 Å². The zero-order valence-electron chi connectivity index (χ0n) is 12.7. The number of rotatable bonds is 3. The fraction of sp³-hybridized carbons (Fsp3) is 0.765. The summed E-state index contributed by atoms with van der Waals surface area (Å²) in [4.78, 5) is 2.69. The van der Waals surface area contributed by atoms with Crippen molar-refractivity contribution in [3.63, 3.8) is 0 Å². The van der Waals surface area contributed by atoms with Crippen molar-refractivity contribution < 1.29 is 4.42 Å². The van der Waals surface area contributed by atoms with Gasteiger partial charge in [-0.2, -0.15) is 0 Å². The molecule has 1 spiro atoms. The van der Waals surface area contributed by atoms with Crippen LogP contribution in [0.2, 0.25) is 0 Å². The van der Waals surface area contributed by atoms with Gasteiger partial charge in [0.25, 0.3) is 0 Å². The fourth-order valence-corrected chi connectivity index (χ4v) is 3.95. The quantitative estimate of drug-likeness (QED) is 0.919. The second-order valence-corrected chi connectivity index (χ2v) is 6.72. The molecule has 0 amide bonds. The topological polar surface area (TPSA) is 28.4 Å². The molecule has 20 heavy (non-hydrogen) atoms. The maximum Gasteiger partial charge on any atom is 0.105 e. The second kappa shape index (κ2) is 6.31. The highest BCUT2D eigenvalue weighted by atomic mass is 16.3. The van der Waals surface area contributed by atoms with E-state index >= 15 is 0 Å². The highest BCUT2D eigenvalue weighted by Gasteiger charge is 2.36. The Bertz CT molecular complexity index is 395. The summed E-state index contributed by atoms with van der Waals surface area (Å²) in [6, 6.07) is 4.66. The van der Waals surface area contributed by atoms with Crippen molar-refractivity contribution in [3.8, 4) is 0 Å². The molecule has 1 atom stereocenters. The van der Waals surface area contributed by atoms with Gasteiger partial charge >= 0.3 is 0 Å². The van der Waals surface area contributed by atoms with Gasteiger partial charge in [0.2, 0.25) is 0 Å². The molecule has 1 unspecified atom stereocenters. The van der Waals surface area contributed by atoms with Crippen LogP contribution in [0.3, 0.4) is 0 Å². The second-order valence-electron chi connectivity index (χ2n) is 6.72. The summed E-state index contributed by atoms with van der Waals surface area (Å²) in [7, 11) is 0. The molecule has 1 aliphatic heterocycles. The van der Waals surface area contributed by atoms with Gasteiger partial charge in [-0.3, -0.25) is 4.90 Å². The average Bonchev–Trinajstić information content (AvgIpc) is 2.88. The van der Waals surface area contributed by atoms with Gasteiger partial charge in [-0.25, -0.2) is 0 Å². The SMILES string of the molecule is CC(Cc1ccco1)N1CCCNC2(CCCCC2)C1. The van der Waals surface area contributed by atoms with E-state index in [-0.39, 0.29) is 0 Å². The van der Waals surface area contributed by atoms with E-state index in [0.717, 1.165) is 12.2 Å². The number of nitrogens with one attached hydrogen (secondary N) is 1. The van der Waals surface area contributed by atoms with Gasteiger partial charge < -0.3 is 9.73 Å². The van der Waals surface area contributed by atoms with Crippen molar-refractivity contribution in [2.24, 2.45) is 0 Å². The Labute approximate surface area is 122 Å². The molecule has 1 N–H and O–H groups in total. The molecular weight excluding hydrogens is 248 g/mol. The fourth-order valence-electron chi connectivity index (χ4n) is 3.95. The molecule has 2 aliphatic rings. The van der Waals surface area contributed by atoms with E-state index < -0.39 is 0 Å². The minimum atomic E-state index is 0.395.